The van der Waals surface area contributed by atoms with Crippen LogP contribution in [0.5, 0.6) is 23.0 Å². The fraction of sp³-hybridized carbons (Fsp3) is 0.333. The van der Waals surface area contributed by atoms with Crippen molar-refractivity contribution in [3.8, 4) is 23.0 Å². The summed E-state index contributed by atoms with van der Waals surface area (Å²) in [4.78, 5) is -0.399. The van der Waals surface area contributed by atoms with Crippen LogP contribution in [0.3, 0.4) is 0 Å². The van der Waals surface area contributed by atoms with E-state index in [1.807, 2.05) is 60.7 Å². The lowest BCUT2D eigenvalue weighted by molar-refractivity contribution is -0.0330. The molecule has 0 spiro atoms. The molecule has 1 N–H and O–H groups in total. The molecular weight excluding hydrogens is 808 g/mol. The minimum absolute atomic E-state index is 0.0167. The summed E-state index contributed by atoms with van der Waals surface area (Å²) >= 11 is 6.33. The lowest BCUT2D eigenvalue weighted by atomic mass is 10.00. The van der Waals surface area contributed by atoms with Crippen LogP contribution >= 0.6 is 11.6 Å². The van der Waals surface area contributed by atoms with Crippen LogP contribution in [0.4, 0.5) is 0 Å². The first-order valence-electron chi connectivity index (χ1n) is 32.5. The van der Waals surface area contributed by atoms with Crippen molar-refractivity contribution in [2.45, 2.75) is 62.0 Å². The van der Waals surface area contributed by atoms with E-state index in [9.17, 15) is 6.48 Å². The molecule has 4 aliphatic rings. The smallest absolute Gasteiger partial charge is 0.231 e. The lowest BCUT2D eigenvalue weighted by Crippen LogP contribution is -2.41. The van der Waals surface area contributed by atoms with Crippen LogP contribution < -0.4 is 18.9 Å². The number of halogens is 1. The van der Waals surface area contributed by atoms with E-state index in [2.05, 4.69) is 0 Å². The molecule has 6 aromatic carbocycles. The largest absolute Gasteiger partial charge is 0.454 e. The molecule has 4 heterocycles. The number of aliphatic hydroxyl groups is 1. The Labute approximate surface area is 414 Å². The van der Waals surface area contributed by atoms with Gasteiger partial charge in [0.05, 0.1) is 20.3 Å². The van der Waals surface area contributed by atoms with E-state index in [0.29, 0.717) is 11.1 Å². The average Bonchev–Trinajstić information content (AvgIpc) is 1.14. The summed E-state index contributed by atoms with van der Waals surface area (Å²) in [6, 6.07) is 44.2. The molecule has 0 saturated carbocycles. The van der Waals surface area contributed by atoms with Crippen molar-refractivity contribution in [2.24, 2.45) is 0 Å². The SMILES string of the molecule is ClC(c1ccccc1)c1ccccc1.[2H]C1([2H])Oc2ccc(CC([2H])([2H])N3C([2H])([2H])C([2H])([2H])C([2H])([2H])[C@@]([2H])(O)C3([2H])[2H])cc2O1.[2H]C1([2H])Oc2ccc(CC([2H])([2H])N3C([2H])([2H])C([2H])([2H])C([2H])([2H])[C@@]([2H])(OC(c4ccccc4)c4ccccc4)C3([2H])[2H])cc2O1. The minimum Gasteiger partial charge on any atom is -0.454 e. The Morgan fingerprint density at radius 3 is 1.51 bits per heavy atom. The van der Waals surface area contributed by atoms with Crippen molar-refractivity contribution >= 4 is 11.6 Å². The molecule has 10 rings (SSSR count). The molecule has 0 radical (unpaired) electrons. The molecule has 0 aliphatic carbocycles. The summed E-state index contributed by atoms with van der Waals surface area (Å²) < 4.78 is 241. The summed E-state index contributed by atoms with van der Waals surface area (Å²) in [5.41, 5.74) is 3.17. The number of ether oxygens (including phenoxy) is 5. The van der Waals surface area contributed by atoms with Crippen LogP contribution in [0.1, 0.15) is 106 Å². The Morgan fingerprint density at radius 2 is 1.02 bits per heavy atom. The van der Waals surface area contributed by atoms with Crippen molar-refractivity contribution in [3.05, 3.63) is 191 Å². The van der Waals surface area contributed by atoms with Gasteiger partial charge in [-0.15, -0.1) is 11.6 Å². The molecule has 0 amide bonds. The first kappa shape index (κ1) is 22.5. The fourth-order valence-electron chi connectivity index (χ4n) is 6.17. The number of hydrogen-bond donors (Lipinski definition) is 1. The van der Waals surface area contributed by atoms with Crippen molar-refractivity contribution in [1.82, 2.24) is 9.80 Å². The Morgan fingerprint density at radius 1 is 0.587 bits per heavy atom. The van der Waals surface area contributed by atoms with Crippen molar-refractivity contribution in [1.29, 1.82) is 0 Å². The molecule has 2 fully saturated rings. The number of rotatable bonds is 12. The molecule has 63 heavy (non-hydrogen) atoms. The van der Waals surface area contributed by atoms with Gasteiger partial charge in [-0.1, -0.05) is 133 Å². The van der Waals surface area contributed by atoms with E-state index in [1.54, 1.807) is 60.7 Å². The van der Waals surface area contributed by atoms with Gasteiger partial charge in [0.2, 0.25) is 13.5 Å². The standard InChI is InChI=1S/C27H29NO3.C14H19NO3.C13H11Cl/c1-3-8-22(9-4-1)27(23-10-5-2-6-11-23)31-24-12-7-16-28(19-24)17-15-21-13-14-25-26(18-21)30-20-29-25;16-12-2-1-6-15(9-12)7-5-11-3-4-13-14(8-11)18-10-17-13;14-13(11-7-3-1-4-8-11)12-9-5-2-6-10-12/h1-6,8-11,13-14,18,24,27H,7,12,15-17,19-20H2;3-4,8,12,16H,1-2,5-7,9-10H2;1-10,13H/t24-;12-;/m11./s1/i7D2,12D2,16D2,17D2,19D2,20D2,24D;1D2,2D2,6D2,7D2,9D2,10D2,12D;. The van der Waals surface area contributed by atoms with Crippen LogP contribution in [0.2, 0.25) is 0 Å². The number of piperidine rings is 2. The highest BCUT2D eigenvalue weighted by molar-refractivity contribution is 6.22. The highest BCUT2D eigenvalue weighted by atomic mass is 35.5. The van der Waals surface area contributed by atoms with Crippen LogP contribution in [0.15, 0.2) is 158 Å². The van der Waals surface area contributed by atoms with Gasteiger partial charge in [0.15, 0.2) is 23.0 Å². The Balaban J connectivity index is 0.000000196. The predicted molar refractivity (Wildman–Crippen MR) is 250 cm³/mol. The molecule has 0 unspecified atom stereocenters. The van der Waals surface area contributed by atoms with Crippen LogP contribution in [0, 0.1) is 0 Å². The highest BCUT2D eigenvalue weighted by Gasteiger charge is 2.26. The second-order valence-corrected chi connectivity index (χ2v) is 14.0. The normalized spacial score (nSPS) is 34.9. The summed E-state index contributed by atoms with van der Waals surface area (Å²) in [5, 5.41) is 10.3. The third kappa shape index (κ3) is 12.9. The zero-order chi connectivity index (χ0) is 66.4. The molecule has 8 nitrogen and oxygen atoms in total. The average molecular weight is 894 g/mol. The molecule has 6 aromatic rings. The maximum Gasteiger partial charge on any atom is 0.231 e. The number of likely N-dealkylation sites (tertiary alicyclic amines) is 2. The zero-order valence-corrected chi connectivity index (χ0v) is 34.1. The summed E-state index contributed by atoms with van der Waals surface area (Å²) in [6.45, 7) is -25.7. The molecule has 4 aliphatic heterocycles. The maximum absolute atomic E-state index is 10.3. The summed E-state index contributed by atoms with van der Waals surface area (Å²) in [6.07, 6.45) is -25.2. The zero-order valence-electron chi connectivity index (χ0n) is 59.3. The van der Waals surface area contributed by atoms with Gasteiger partial charge in [-0.05, 0) is 109 Å². The number of β-amino-alcohol motifs (C(OH)–C–C–N with tert-alkyl or cyclic N) is 1. The van der Waals surface area contributed by atoms with E-state index < -0.39 is 109 Å². The molecule has 2 atom stereocenters. The van der Waals surface area contributed by atoms with Gasteiger partial charge in [-0.3, -0.25) is 0 Å². The first-order valence-corrected chi connectivity index (χ1v) is 20.0. The molecular formula is C54H59ClN2O6. The van der Waals surface area contributed by atoms with Crippen LogP contribution in [-0.4, -0.2) is 79.5 Å². The molecule has 0 bridgehead atoms. The Kier molecular flexibility index (Phi) is 8.16. The number of nitrogens with zero attached hydrogens (tertiary/aromatic N) is 2. The van der Waals surface area contributed by atoms with Crippen molar-refractivity contribution in [3.63, 3.8) is 0 Å². The van der Waals surface area contributed by atoms with Crippen molar-refractivity contribution in [2.75, 3.05) is 52.5 Å². The highest BCUT2D eigenvalue weighted by Crippen LogP contribution is 2.35. The van der Waals surface area contributed by atoms with Gasteiger partial charge < -0.3 is 38.6 Å². The van der Waals surface area contributed by atoms with E-state index in [1.165, 1.54) is 36.4 Å². The molecule has 0 aromatic heterocycles. The number of benzene rings is 6. The van der Waals surface area contributed by atoms with Crippen LogP contribution in [0.25, 0.3) is 0 Å². The number of fused-ring (bicyclic) bond motifs is 2. The van der Waals surface area contributed by atoms with Crippen molar-refractivity contribution < 1.29 is 64.4 Å². The van der Waals surface area contributed by atoms with Gasteiger partial charge in [-0.2, -0.15) is 0 Å². The first-order chi connectivity index (χ1) is 40.7. The Hall–Kier alpha value is -5.35. The van der Waals surface area contributed by atoms with Gasteiger partial charge in [0, 0.05) is 53.4 Å². The summed E-state index contributed by atoms with van der Waals surface area (Å²) in [5.74, 6) is -0.125. The predicted octanol–water partition coefficient (Wildman–Crippen LogP) is 10.7. The third-order valence-electron chi connectivity index (χ3n) is 9.25. The monoisotopic (exact) mass is 893 g/mol. The number of alkyl halides is 1. The van der Waals surface area contributed by atoms with Gasteiger partial charge in [0.25, 0.3) is 0 Å². The lowest BCUT2D eigenvalue weighted by Gasteiger charge is -2.35. The number of aryl methyl sites for hydroxylation is 2. The van der Waals surface area contributed by atoms with Gasteiger partial charge in [-0.25, -0.2) is 0 Å². The quantitative estimate of drug-likeness (QED) is 0.122. The van der Waals surface area contributed by atoms with E-state index in [0.717, 1.165) is 11.1 Å². The van der Waals surface area contributed by atoms with E-state index in [4.69, 9.17) is 69.6 Å². The van der Waals surface area contributed by atoms with Crippen LogP contribution in [-0.2, 0) is 17.6 Å². The molecule has 2 saturated heterocycles. The van der Waals surface area contributed by atoms with E-state index >= 15 is 0 Å². The second kappa shape index (κ2) is 22.8. The molecule has 328 valence electrons. The molecule has 9 heteroatoms. The Bertz CT molecular complexity index is 3380. The van der Waals surface area contributed by atoms with E-state index in [-0.39, 0.29) is 49.3 Å². The van der Waals surface area contributed by atoms with Gasteiger partial charge >= 0.3 is 0 Å². The summed E-state index contributed by atoms with van der Waals surface area (Å²) in [7, 11) is 0. The fourth-order valence-corrected chi connectivity index (χ4v) is 6.46. The van der Waals surface area contributed by atoms with Gasteiger partial charge in [0.1, 0.15) is 11.6 Å². The third-order valence-corrected chi connectivity index (χ3v) is 9.76. The maximum atomic E-state index is 10.3. The minimum atomic E-state index is -3.88. The topological polar surface area (TPSA) is 72.9 Å². The number of hydrogen-bond acceptors (Lipinski definition) is 8. The second-order valence-electron chi connectivity index (χ2n) is 13.6.